The number of nitrogens with one attached hydrogen (secondary N) is 1. The highest BCUT2D eigenvalue weighted by atomic mass is 19.1. The van der Waals surface area contributed by atoms with Gasteiger partial charge in [0.25, 0.3) is 0 Å². The molecule has 0 amide bonds. The Balaban J connectivity index is 2.08. The lowest BCUT2D eigenvalue weighted by molar-refractivity contribution is 0.430. The van der Waals surface area contributed by atoms with Crippen molar-refractivity contribution in [3.8, 4) is 0 Å². The van der Waals surface area contributed by atoms with Crippen LogP contribution in [0.3, 0.4) is 0 Å². The molecule has 0 aromatic heterocycles. The van der Waals surface area contributed by atoms with Gasteiger partial charge in [0.2, 0.25) is 0 Å². The van der Waals surface area contributed by atoms with Crippen molar-refractivity contribution in [1.82, 2.24) is 5.32 Å². The Morgan fingerprint density at radius 2 is 2.11 bits per heavy atom. The van der Waals surface area contributed by atoms with Crippen molar-refractivity contribution in [2.75, 3.05) is 13.1 Å². The van der Waals surface area contributed by atoms with Gasteiger partial charge in [0.1, 0.15) is 11.6 Å². The van der Waals surface area contributed by atoms with Gasteiger partial charge in [-0.3, -0.25) is 0 Å². The van der Waals surface area contributed by atoms with Crippen molar-refractivity contribution in [2.24, 2.45) is 5.92 Å². The summed E-state index contributed by atoms with van der Waals surface area (Å²) < 4.78 is 27.0. The standard InChI is InChI=1S/C15H21F2N/c1-2-8-18-10-11-4-3-5-13(11)14-9-12(16)6-7-15(14)17/h6-7,9,11,13,18H,2-5,8,10H2,1H3. The first-order chi connectivity index (χ1) is 8.72. The van der Waals surface area contributed by atoms with Gasteiger partial charge in [-0.05, 0) is 68.0 Å². The molecule has 1 saturated carbocycles. The summed E-state index contributed by atoms with van der Waals surface area (Å²) in [5.74, 6) is 0.0141. The molecule has 1 aromatic rings. The fourth-order valence-electron chi connectivity index (χ4n) is 2.95. The number of hydrogen-bond acceptors (Lipinski definition) is 1. The van der Waals surface area contributed by atoms with Gasteiger partial charge < -0.3 is 5.32 Å². The van der Waals surface area contributed by atoms with E-state index in [-0.39, 0.29) is 17.6 Å². The Kier molecular flexibility index (Phi) is 4.70. The predicted octanol–water partition coefficient (Wildman–Crippen LogP) is 3.85. The van der Waals surface area contributed by atoms with Gasteiger partial charge in [0, 0.05) is 0 Å². The minimum absolute atomic E-state index is 0.171. The molecule has 0 spiro atoms. The highest BCUT2D eigenvalue weighted by molar-refractivity contribution is 5.24. The van der Waals surface area contributed by atoms with E-state index >= 15 is 0 Å². The van der Waals surface area contributed by atoms with Gasteiger partial charge in [-0.15, -0.1) is 0 Å². The maximum atomic E-state index is 13.8. The molecule has 1 aliphatic carbocycles. The highest BCUT2D eigenvalue weighted by Crippen LogP contribution is 2.40. The maximum Gasteiger partial charge on any atom is 0.126 e. The van der Waals surface area contributed by atoms with Crippen molar-refractivity contribution in [3.05, 3.63) is 35.4 Å². The molecule has 2 atom stereocenters. The summed E-state index contributed by atoms with van der Waals surface area (Å²) >= 11 is 0. The van der Waals surface area contributed by atoms with E-state index in [1.54, 1.807) is 0 Å². The van der Waals surface area contributed by atoms with E-state index in [9.17, 15) is 8.78 Å². The number of rotatable bonds is 5. The Bertz CT molecular complexity index is 392. The summed E-state index contributed by atoms with van der Waals surface area (Å²) in [4.78, 5) is 0. The van der Waals surface area contributed by atoms with E-state index in [0.717, 1.165) is 38.8 Å². The van der Waals surface area contributed by atoms with Crippen molar-refractivity contribution in [3.63, 3.8) is 0 Å². The molecule has 18 heavy (non-hydrogen) atoms. The smallest absolute Gasteiger partial charge is 0.126 e. The number of halogens is 2. The number of benzene rings is 1. The summed E-state index contributed by atoms with van der Waals surface area (Å²) in [6, 6.07) is 3.82. The molecule has 1 nitrogen and oxygen atoms in total. The van der Waals surface area contributed by atoms with Crippen LogP contribution in [0.4, 0.5) is 8.78 Å². The Labute approximate surface area is 108 Å². The van der Waals surface area contributed by atoms with Crippen LogP contribution in [0, 0.1) is 17.6 Å². The zero-order valence-electron chi connectivity index (χ0n) is 10.9. The fourth-order valence-corrected chi connectivity index (χ4v) is 2.95. The van der Waals surface area contributed by atoms with E-state index in [2.05, 4.69) is 12.2 Å². The second kappa shape index (κ2) is 6.28. The molecule has 0 radical (unpaired) electrons. The zero-order valence-corrected chi connectivity index (χ0v) is 10.9. The summed E-state index contributed by atoms with van der Waals surface area (Å²) in [7, 11) is 0. The minimum Gasteiger partial charge on any atom is -0.316 e. The molecule has 2 unspecified atom stereocenters. The third-order valence-corrected chi connectivity index (χ3v) is 3.85. The van der Waals surface area contributed by atoms with E-state index in [4.69, 9.17) is 0 Å². The molecule has 0 aliphatic heterocycles. The topological polar surface area (TPSA) is 12.0 Å². The lowest BCUT2D eigenvalue weighted by Crippen LogP contribution is -2.25. The van der Waals surface area contributed by atoms with Crippen LogP contribution in [0.25, 0.3) is 0 Å². The van der Waals surface area contributed by atoms with Crippen LogP contribution < -0.4 is 5.32 Å². The second-order valence-electron chi connectivity index (χ2n) is 5.17. The molecule has 1 N–H and O–H groups in total. The molecule has 0 heterocycles. The summed E-state index contributed by atoms with van der Waals surface area (Å²) in [5.41, 5.74) is 0.566. The third-order valence-electron chi connectivity index (χ3n) is 3.85. The molecule has 0 saturated heterocycles. The van der Waals surface area contributed by atoms with Gasteiger partial charge in [0.15, 0.2) is 0 Å². The minimum atomic E-state index is -0.335. The van der Waals surface area contributed by atoms with Crippen LogP contribution >= 0.6 is 0 Å². The first-order valence-corrected chi connectivity index (χ1v) is 6.88. The van der Waals surface area contributed by atoms with Crippen molar-refractivity contribution in [2.45, 2.75) is 38.5 Å². The van der Waals surface area contributed by atoms with E-state index in [0.29, 0.717) is 11.5 Å². The highest BCUT2D eigenvalue weighted by Gasteiger charge is 2.30. The molecular weight excluding hydrogens is 232 g/mol. The second-order valence-corrected chi connectivity index (χ2v) is 5.17. The van der Waals surface area contributed by atoms with Crippen LogP contribution in [-0.2, 0) is 0 Å². The third kappa shape index (κ3) is 3.08. The monoisotopic (exact) mass is 253 g/mol. The predicted molar refractivity (Wildman–Crippen MR) is 69.6 cm³/mol. The quantitative estimate of drug-likeness (QED) is 0.786. The van der Waals surface area contributed by atoms with Crippen molar-refractivity contribution in [1.29, 1.82) is 0 Å². The lowest BCUT2D eigenvalue weighted by atomic mass is 9.88. The van der Waals surface area contributed by atoms with Gasteiger partial charge >= 0.3 is 0 Å². The molecule has 3 heteroatoms. The first kappa shape index (κ1) is 13.5. The van der Waals surface area contributed by atoms with E-state index in [1.165, 1.54) is 18.2 Å². The summed E-state index contributed by atoms with van der Waals surface area (Å²) in [6.45, 7) is 4.04. The van der Waals surface area contributed by atoms with Crippen LogP contribution in [-0.4, -0.2) is 13.1 Å². The average molecular weight is 253 g/mol. The van der Waals surface area contributed by atoms with Crippen LogP contribution in [0.1, 0.15) is 44.1 Å². The molecule has 1 fully saturated rings. The van der Waals surface area contributed by atoms with Crippen LogP contribution in [0.5, 0.6) is 0 Å². The lowest BCUT2D eigenvalue weighted by Gasteiger charge is -2.21. The molecule has 1 aromatic carbocycles. The van der Waals surface area contributed by atoms with E-state index in [1.807, 2.05) is 0 Å². The average Bonchev–Trinajstić information content (AvgIpc) is 2.81. The van der Waals surface area contributed by atoms with E-state index < -0.39 is 0 Å². The Morgan fingerprint density at radius 1 is 1.28 bits per heavy atom. The fraction of sp³-hybridized carbons (Fsp3) is 0.600. The van der Waals surface area contributed by atoms with Crippen LogP contribution in [0.15, 0.2) is 18.2 Å². The molecule has 2 rings (SSSR count). The summed E-state index contributed by atoms with van der Waals surface area (Å²) in [5, 5.41) is 3.39. The van der Waals surface area contributed by atoms with Gasteiger partial charge in [0.05, 0.1) is 0 Å². The zero-order chi connectivity index (χ0) is 13.0. The Hall–Kier alpha value is -0.960. The van der Waals surface area contributed by atoms with Gasteiger partial charge in [-0.2, -0.15) is 0 Å². The molecule has 0 bridgehead atoms. The molecule has 1 aliphatic rings. The largest absolute Gasteiger partial charge is 0.316 e. The van der Waals surface area contributed by atoms with Crippen molar-refractivity contribution < 1.29 is 8.78 Å². The van der Waals surface area contributed by atoms with Crippen molar-refractivity contribution >= 4 is 0 Å². The first-order valence-electron chi connectivity index (χ1n) is 6.88. The molecule has 100 valence electrons. The normalized spacial score (nSPS) is 23.5. The van der Waals surface area contributed by atoms with Crippen LogP contribution in [0.2, 0.25) is 0 Å². The SMILES string of the molecule is CCCNCC1CCCC1c1cc(F)ccc1F. The van der Waals surface area contributed by atoms with Gasteiger partial charge in [-0.1, -0.05) is 13.3 Å². The number of hydrogen-bond donors (Lipinski definition) is 1. The Morgan fingerprint density at radius 3 is 2.89 bits per heavy atom. The maximum absolute atomic E-state index is 13.8. The van der Waals surface area contributed by atoms with Gasteiger partial charge in [-0.25, -0.2) is 8.78 Å². The summed E-state index contributed by atoms with van der Waals surface area (Å²) in [6.07, 6.45) is 4.29. The molecular formula is C15H21F2N.